The number of rotatable bonds is 6. The number of carbonyl (C=O) groups excluding carboxylic acids is 1. The van der Waals surface area contributed by atoms with E-state index in [1.807, 2.05) is 13.0 Å². The Hall–Kier alpha value is -1.55. The van der Waals surface area contributed by atoms with Gasteiger partial charge in [-0.15, -0.1) is 0 Å². The second-order valence-corrected chi connectivity index (χ2v) is 3.90. The molecule has 4 heteroatoms. The molecule has 0 aliphatic rings. The predicted octanol–water partition coefficient (Wildman–Crippen LogP) is 1.17. The largest absolute Gasteiger partial charge is 0.508 e. The SMILES string of the molecule is CCN(CCCO)C(=O)Cc1cccc(O)c1. The highest BCUT2D eigenvalue weighted by Crippen LogP contribution is 2.12. The average molecular weight is 237 g/mol. The van der Waals surface area contributed by atoms with Crippen LogP contribution in [0.2, 0.25) is 0 Å². The molecule has 0 saturated carbocycles. The summed E-state index contributed by atoms with van der Waals surface area (Å²) in [5.41, 5.74) is 0.803. The van der Waals surface area contributed by atoms with Crippen LogP contribution in [0.5, 0.6) is 5.75 Å². The summed E-state index contributed by atoms with van der Waals surface area (Å²) < 4.78 is 0. The van der Waals surface area contributed by atoms with Gasteiger partial charge < -0.3 is 15.1 Å². The minimum Gasteiger partial charge on any atom is -0.508 e. The Balaban J connectivity index is 2.57. The van der Waals surface area contributed by atoms with Gasteiger partial charge in [0.05, 0.1) is 6.42 Å². The number of aliphatic hydroxyl groups is 1. The molecule has 1 aromatic rings. The van der Waals surface area contributed by atoms with Crippen molar-refractivity contribution in [2.75, 3.05) is 19.7 Å². The van der Waals surface area contributed by atoms with E-state index in [1.165, 1.54) is 0 Å². The number of phenols is 1. The Kier molecular flexibility index (Phi) is 5.49. The highest BCUT2D eigenvalue weighted by molar-refractivity contribution is 5.78. The van der Waals surface area contributed by atoms with Crippen molar-refractivity contribution in [1.29, 1.82) is 0 Å². The van der Waals surface area contributed by atoms with E-state index in [1.54, 1.807) is 23.1 Å². The van der Waals surface area contributed by atoms with E-state index in [2.05, 4.69) is 0 Å². The van der Waals surface area contributed by atoms with Gasteiger partial charge in [0.25, 0.3) is 0 Å². The summed E-state index contributed by atoms with van der Waals surface area (Å²) in [5, 5.41) is 18.1. The second-order valence-electron chi connectivity index (χ2n) is 3.90. The van der Waals surface area contributed by atoms with Crippen molar-refractivity contribution in [3.05, 3.63) is 29.8 Å². The van der Waals surface area contributed by atoms with Crippen LogP contribution >= 0.6 is 0 Å². The quantitative estimate of drug-likeness (QED) is 0.780. The molecule has 0 bridgehead atoms. The number of hydrogen-bond donors (Lipinski definition) is 2. The molecular weight excluding hydrogens is 218 g/mol. The van der Waals surface area contributed by atoms with Crippen LogP contribution in [0.25, 0.3) is 0 Å². The number of likely N-dealkylation sites (N-methyl/N-ethyl adjacent to an activating group) is 1. The summed E-state index contributed by atoms with van der Waals surface area (Å²) in [5.74, 6) is 0.195. The molecule has 0 aromatic heterocycles. The molecule has 1 aromatic carbocycles. The number of carbonyl (C=O) groups is 1. The minimum absolute atomic E-state index is 0.0200. The minimum atomic E-state index is 0.0200. The number of amides is 1. The van der Waals surface area contributed by atoms with Gasteiger partial charge >= 0.3 is 0 Å². The number of benzene rings is 1. The van der Waals surface area contributed by atoms with E-state index < -0.39 is 0 Å². The number of phenolic OH excluding ortho intramolecular Hbond substituents is 1. The Morgan fingerprint density at radius 2 is 2.18 bits per heavy atom. The third-order valence-corrected chi connectivity index (χ3v) is 2.59. The summed E-state index contributed by atoms with van der Waals surface area (Å²) in [6.45, 7) is 3.22. The highest BCUT2D eigenvalue weighted by Gasteiger charge is 2.11. The van der Waals surface area contributed by atoms with Gasteiger partial charge in [-0.25, -0.2) is 0 Å². The molecule has 1 rings (SSSR count). The van der Waals surface area contributed by atoms with Crippen molar-refractivity contribution in [3.63, 3.8) is 0 Å². The summed E-state index contributed by atoms with van der Waals surface area (Å²) >= 11 is 0. The van der Waals surface area contributed by atoms with E-state index in [9.17, 15) is 9.90 Å². The normalized spacial score (nSPS) is 10.2. The molecule has 0 atom stereocenters. The lowest BCUT2D eigenvalue weighted by molar-refractivity contribution is -0.130. The van der Waals surface area contributed by atoms with Crippen LogP contribution in [0.1, 0.15) is 18.9 Å². The molecule has 94 valence electrons. The van der Waals surface area contributed by atoms with Gasteiger partial charge in [-0.3, -0.25) is 4.79 Å². The number of hydrogen-bond acceptors (Lipinski definition) is 3. The zero-order chi connectivity index (χ0) is 12.7. The molecule has 0 aliphatic heterocycles. The van der Waals surface area contributed by atoms with Crippen molar-refractivity contribution in [2.24, 2.45) is 0 Å². The third kappa shape index (κ3) is 4.44. The molecule has 1 amide bonds. The summed E-state index contributed by atoms with van der Waals surface area (Å²) in [4.78, 5) is 13.6. The van der Waals surface area contributed by atoms with E-state index in [0.717, 1.165) is 5.56 Å². The molecule has 4 nitrogen and oxygen atoms in total. The fraction of sp³-hybridized carbons (Fsp3) is 0.462. The maximum Gasteiger partial charge on any atom is 0.226 e. The van der Waals surface area contributed by atoms with Gasteiger partial charge in [0.1, 0.15) is 5.75 Å². The highest BCUT2D eigenvalue weighted by atomic mass is 16.3. The number of aromatic hydroxyl groups is 1. The molecule has 0 radical (unpaired) electrons. The van der Waals surface area contributed by atoms with Gasteiger partial charge in [-0.1, -0.05) is 12.1 Å². The zero-order valence-corrected chi connectivity index (χ0v) is 10.1. The maximum atomic E-state index is 11.9. The molecule has 0 unspecified atom stereocenters. The first-order valence-corrected chi connectivity index (χ1v) is 5.84. The second kappa shape index (κ2) is 6.91. The summed E-state index contributed by atoms with van der Waals surface area (Å²) in [6, 6.07) is 6.72. The number of nitrogens with zero attached hydrogens (tertiary/aromatic N) is 1. The Bertz CT molecular complexity index is 365. The van der Waals surface area contributed by atoms with E-state index >= 15 is 0 Å². The molecule has 0 spiro atoms. The monoisotopic (exact) mass is 237 g/mol. The van der Waals surface area contributed by atoms with Crippen LogP contribution in [0.15, 0.2) is 24.3 Å². The van der Waals surface area contributed by atoms with Crippen molar-refractivity contribution in [1.82, 2.24) is 4.90 Å². The predicted molar refractivity (Wildman–Crippen MR) is 65.8 cm³/mol. The van der Waals surface area contributed by atoms with Crippen LogP contribution in [0, 0.1) is 0 Å². The third-order valence-electron chi connectivity index (χ3n) is 2.59. The Morgan fingerprint density at radius 3 is 2.76 bits per heavy atom. The van der Waals surface area contributed by atoms with Crippen LogP contribution in [0.3, 0.4) is 0 Å². The van der Waals surface area contributed by atoms with Crippen molar-refractivity contribution in [3.8, 4) is 5.75 Å². The molecule has 0 saturated heterocycles. The maximum absolute atomic E-state index is 11.9. The van der Waals surface area contributed by atoms with Gasteiger partial charge in [0.15, 0.2) is 0 Å². The molecule has 0 heterocycles. The number of aliphatic hydroxyl groups excluding tert-OH is 1. The molecule has 2 N–H and O–H groups in total. The Morgan fingerprint density at radius 1 is 1.41 bits per heavy atom. The van der Waals surface area contributed by atoms with Crippen LogP contribution in [0.4, 0.5) is 0 Å². The van der Waals surface area contributed by atoms with Crippen LogP contribution in [-0.4, -0.2) is 40.7 Å². The lowest BCUT2D eigenvalue weighted by Crippen LogP contribution is -2.33. The lowest BCUT2D eigenvalue weighted by atomic mass is 10.1. The fourth-order valence-corrected chi connectivity index (χ4v) is 1.67. The first kappa shape index (κ1) is 13.5. The van der Waals surface area contributed by atoms with Crippen LogP contribution in [-0.2, 0) is 11.2 Å². The van der Waals surface area contributed by atoms with Gasteiger partial charge in [-0.05, 0) is 31.0 Å². The topological polar surface area (TPSA) is 60.8 Å². The molecule has 0 fully saturated rings. The standard InChI is InChI=1S/C13H19NO3/c1-2-14(7-4-8-15)13(17)10-11-5-3-6-12(16)9-11/h3,5-6,9,15-16H,2,4,7-8,10H2,1H3. The lowest BCUT2D eigenvalue weighted by Gasteiger charge is -2.20. The molecular formula is C13H19NO3. The van der Waals surface area contributed by atoms with E-state index in [4.69, 9.17) is 5.11 Å². The van der Waals surface area contributed by atoms with E-state index in [0.29, 0.717) is 19.5 Å². The average Bonchev–Trinajstić information content (AvgIpc) is 2.30. The first-order chi connectivity index (χ1) is 8.17. The summed E-state index contributed by atoms with van der Waals surface area (Å²) in [6.07, 6.45) is 0.882. The van der Waals surface area contributed by atoms with Gasteiger partial charge in [0, 0.05) is 19.7 Å². The Labute approximate surface area is 101 Å². The van der Waals surface area contributed by atoms with Gasteiger partial charge in [0.2, 0.25) is 5.91 Å². The van der Waals surface area contributed by atoms with Crippen molar-refractivity contribution in [2.45, 2.75) is 19.8 Å². The van der Waals surface area contributed by atoms with Crippen LogP contribution < -0.4 is 0 Å². The fourth-order valence-electron chi connectivity index (χ4n) is 1.67. The van der Waals surface area contributed by atoms with E-state index in [-0.39, 0.29) is 24.7 Å². The van der Waals surface area contributed by atoms with Gasteiger partial charge in [-0.2, -0.15) is 0 Å². The molecule has 0 aliphatic carbocycles. The van der Waals surface area contributed by atoms with Crippen molar-refractivity contribution < 1.29 is 15.0 Å². The summed E-state index contributed by atoms with van der Waals surface area (Å²) in [7, 11) is 0. The van der Waals surface area contributed by atoms with Crippen molar-refractivity contribution >= 4 is 5.91 Å². The first-order valence-electron chi connectivity index (χ1n) is 5.84. The molecule has 17 heavy (non-hydrogen) atoms. The zero-order valence-electron chi connectivity index (χ0n) is 10.1. The smallest absolute Gasteiger partial charge is 0.226 e.